The van der Waals surface area contributed by atoms with Gasteiger partial charge in [-0.2, -0.15) is 0 Å². The molecule has 1 atom stereocenters. The Bertz CT molecular complexity index is 307. The van der Waals surface area contributed by atoms with Crippen molar-refractivity contribution in [1.82, 2.24) is 5.32 Å². The maximum atomic E-state index is 12.5. The van der Waals surface area contributed by atoms with Crippen LogP contribution in [0.5, 0.6) is 0 Å². The lowest BCUT2D eigenvalue weighted by molar-refractivity contribution is -0.887. The van der Waals surface area contributed by atoms with Crippen LogP contribution in [-0.2, 0) is 4.79 Å². The van der Waals surface area contributed by atoms with Gasteiger partial charge in [0.25, 0.3) is 5.91 Å². The summed E-state index contributed by atoms with van der Waals surface area (Å²) in [6.45, 7) is 7.49. The Kier molecular flexibility index (Phi) is 13.4. The van der Waals surface area contributed by atoms with Crippen LogP contribution >= 0.6 is 0 Å². The summed E-state index contributed by atoms with van der Waals surface area (Å²) in [7, 11) is 6.35. The SMILES string of the molecule is CCCCCCCCCCCCNC(=O)[C@H](CC(C)C)[N+](C)(C)C. The molecule has 0 heterocycles. The molecule has 0 aromatic rings. The van der Waals surface area contributed by atoms with Crippen molar-refractivity contribution in [2.45, 2.75) is 97.4 Å². The van der Waals surface area contributed by atoms with E-state index in [1.165, 1.54) is 57.8 Å². The third-order valence-electron chi connectivity index (χ3n) is 4.76. The van der Waals surface area contributed by atoms with E-state index in [1.54, 1.807) is 0 Å². The van der Waals surface area contributed by atoms with Crippen LogP contribution in [-0.4, -0.2) is 44.1 Å². The van der Waals surface area contributed by atoms with Crippen molar-refractivity contribution in [3.05, 3.63) is 0 Å². The maximum Gasteiger partial charge on any atom is 0.278 e. The number of nitrogens with one attached hydrogen (secondary N) is 1. The van der Waals surface area contributed by atoms with E-state index in [1.807, 2.05) is 0 Å². The number of likely N-dealkylation sites (N-methyl/N-ethyl adjacent to an activating group) is 1. The lowest BCUT2D eigenvalue weighted by Gasteiger charge is -2.34. The van der Waals surface area contributed by atoms with Gasteiger partial charge in [0, 0.05) is 13.0 Å². The second kappa shape index (κ2) is 13.7. The lowest BCUT2D eigenvalue weighted by Crippen LogP contribution is -2.54. The molecule has 0 aliphatic rings. The van der Waals surface area contributed by atoms with Crippen molar-refractivity contribution < 1.29 is 9.28 Å². The predicted molar refractivity (Wildman–Crippen MR) is 106 cm³/mol. The van der Waals surface area contributed by atoms with E-state index in [2.05, 4.69) is 47.2 Å². The maximum absolute atomic E-state index is 12.5. The first-order chi connectivity index (χ1) is 11.3. The van der Waals surface area contributed by atoms with E-state index in [0.717, 1.165) is 19.4 Å². The molecule has 0 aromatic heterocycles. The molecule has 0 aliphatic carbocycles. The highest BCUT2D eigenvalue weighted by atomic mass is 16.2. The van der Waals surface area contributed by atoms with Gasteiger partial charge < -0.3 is 9.80 Å². The molecular weight excluding hydrogens is 296 g/mol. The van der Waals surface area contributed by atoms with Gasteiger partial charge in [0.1, 0.15) is 0 Å². The molecule has 0 spiro atoms. The number of quaternary nitrogens is 1. The van der Waals surface area contributed by atoms with Gasteiger partial charge in [0.2, 0.25) is 0 Å². The zero-order valence-electron chi connectivity index (χ0n) is 17.5. The fourth-order valence-corrected chi connectivity index (χ4v) is 3.16. The van der Waals surface area contributed by atoms with Crippen LogP contribution < -0.4 is 5.32 Å². The zero-order chi connectivity index (χ0) is 18.4. The standard InChI is InChI=1S/C21H44N2O/c1-7-8-9-10-11-12-13-14-15-16-17-22-21(24)20(18-19(2)3)23(4,5)6/h19-20H,7-18H2,1-6H3/p+1/t20-/m0/s1. The smallest absolute Gasteiger partial charge is 0.278 e. The van der Waals surface area contributed by atoms with Crippen molar-refractivity contribution in [2.24, 2.45) is 5.92 Å². The van der Waals surface area contributed by atoms with E-state index in [4.69, 9.17) is 0 Å². The summed E-state index contributed by atoms with van der Waals surface area (Å²) in [5.41, 5.74) is 0. The van der Waals surface area contributed by atoms with Crippen molar-refractivity contribution in [3.8, 4) is 0 Å². The highest BCUT2D eigenvalue weighted by Gasteiger charge is 2.31. The van der Waals surface area contributed by atoms with Gasteiger partial charge in [-0.1, -0.05) is 78.6 Å². The Morgan fingerprint density at radius 1 is 0.833 bits per heavy atom. The monoisotopic (exact) mass is 341 g/mol. The van der Waals surface area contributed by atoms with Crippen molar-refractivity contribution in [2.75, 3.05) is 27.7 Å². The number of hydrogen-bond acceptors (Lipinski definition) is 1. The van der Waals surface area contributed by atoms with Gasteiger partial charge in [0.15, 0.2) is 6.04 Å². The average Bonchev–Trinajstić information content (AvgIpc) is 2.48. The minimum absolute atomic E-state index is 0.0631. The molecule has 0 unspecified atom stereocenters. The number of nitrogens with zero attached hydrogens (tertiary/aromatic N) is 1. The summed E-state index contributed by atoms with van der Waals surface area (Å²) in [4.78, 5) is 12.5. The molecule has 0 radical (unpaired) electrons. The molecule has 1 N–H and O–H groups in total. The lowest BCUT2D eigenvalue weighted by atomic mass is 10.0. The fourth-order valence-electron chi connectivity index (χ4n) is 3.16. The van der Waals surface area contributed by atoms with Crippen molar-refractivity contribution in [3.63, 3.8) is 0 Å². The summed E-state index contributed by atoms with van der Waals surface area (Å²) < 4.78 is 0.710. The van der Waals surface area contributed by atoms with Gasteiger partial charge >= 0.3 is 0 Å². The molecule has 144 valence electrons. The van der Waals surface area contributed by atoms with E-state index in [0.29, 0.717) is 10.4 Å². The summed E-state index contributed by atoms with van der Waals surface area (Å²) in [5.74, 6) is 0.780. The molecule has 0 aromatic carbocycles. The second-order valence-electron chi connectivity index (χ2n) is 8.73. The number of hydrogen-bond donors (Lipinski definition) is 1. The molecule has 0 saturated carbocycles. The summed E-state index contributed by atoms with van der Waals surface area (Å²) in [6.07, 6.45) is 14.3. The minimum Gasteiger partial charge on any atom is -0.351 e. The topological polar surface area (TPSA) is 29.1 Å². The van der Waals surface area contributed by atoms with Gasteiger partial charge in [-0.3, -0.25) is 4.79 Å². The van der Waals surface area contributed by atoms with E-state index in [-0.39, 0.29) is 11.9 Å². The van der Waals surface area contributed by atoms with E-state index in [9.17, 15) is 4.79 Å². The normalized spacial score (nSPS) is 13.3. The molecule has 0 bridgehead atoms. The highest BCUT2D eigenvalue weighted by Crippen LogP contribution is 2.14. The molecule has 3 nitrogen and oxygen atoms in total. The Balaban J connectivity index is 3.70. The molecule has 0 aliphatic heterocycles. The number of carbonyl (C=O) groups is 1. The van der Waals surface area contributed by atoms with E-state index >= 15 is 0 Å². The van der Waals surface area contributed by atoms with Crippen LogP contribution in [0, 0.1) is 5.92 Å². The molecular formula is C21H45N2O+. The average molecular weight is 342 g/mol. The largest absolute Gasteiger partial charge is 0.351 e. The van der Waals surface area contributed by atoms with Crippen molar-refractivity contribution >= 4 is 5.91 Å². The van der Waals surface area contributed by atoms with E-state index < -0.39 is 0 Å². The van der Waals surface area contributed by atoms with Crippen molar-refractivity contribution in [1.29, 1.82) is 0 Å². The first-order valence-electron chi connectivity index (χ1n) is 10.4. The predicted octanol–water partition coefficient (Wildman–Crippen LogP) is 5.14. The van der Waals surface area contributed by atoms with Crippen LogP contribution in [0.3, 0.4) is 0 Å². The number of unbranched alkanes of at least 4 members (excludes halogenated alkanes) is 9. The van der Waals surface area contributed by atoms with Gasteiger partial charge in [-0.05, 0) is 12.3 Å². The summed E-state index contributed by atoms with van der Waals surface area (Å²) in [6, 6.07) is 0.0631. The third kappa shape index (κ3) is 12.8. The van der Waals surface area contributed by atoms with Gasteiger partial charge in [-0.15, -0.1) is 0 Å². The highest BCUT2D eigenvalue weighted by molar-refractivity contribution is 5.80. The van der Waals surface area contributed by atoms with Gasteiger partial charge in [-0.25, -0.2) is 0 Å². The summed E-state index contributed by atoms with van der Waals surface area (Å²) >= 11 is 0. The Morgan fingerprint density at radius 2 is 1.29 bits per heavy atom. The Morgan fingerprint density at radius 3 is 1.71 bits per heavy atom. The third-order valence-corrected chi connectivity index (χ3v) is 4.76. The van der Waals surface area contributed by atoms with Gasteiger partial charge in [0.05, 0.1) is 21.1 Å². The fraction of sp³-hybridized carbons (Fsp3) is 0.952. The zero-order valence-corrected chi connectivity index (χ0v) is 17.5. The quantitative estimate of drug-likeness (QED) is 0.324. The number of amides is 1. The molecule has 0 saturated heterocycles. The van der Waals surface area contributed by atoms with Crippen LogP contribution in [0.2, 0.25) is 0 Å². The van der Waals surface area contributed by atoms with Crippen LogP contribution in [0.4, 0.5) is 0 Å². The number of rotatable bonds is 15. The minimum atomic E-state index is 0.0631. The Labute approximate surface area is 152 Å². The second-order valence-corrected chi connectivity index (χ2v) is 8.73. The first-order valence-corrected chi connectivity index (χ1v) is 10.4. The Hall–Kier alpha value is -0.570. The molecule has 1 amide bonds. The number of carbonyl (C=O) groups excluding carboxylic acids is 1. The van der Waals surface area contributed by atoms with Crippen LogP contribution in [0.25, 0.3) is 0 Å². The van der Waals surface area contributed by atoms with Crippen LogP contribution in [0.1, 0.15) is 91.4 Å². The molecule has 0 rings (SSSR count). The molecule has 0 fully saturated rings. The summed E-state index contributed by atoms with van der Waals surface area (Å²) in [5, 5.41) is 3.17. The molecule has 24 heavy (non-hydrogen) atoms. The molecule has 3 heteroatoms. The first kappa shape index (κ1) is 23.4. The van der Waals surface area contributed by atoms with Crippen LogP contribution in [0.15, 0.2) is 0 Å².